The second kappa shape index (κ2) is 14.2. The average Bonchev–Trinajstić information content (AvgIpc) is 3.38. The number of phenols is 1. The molecule has 6 aliphatic heterocycles. The molecule has 3 unspecified atom stereocenters. The van der Waals surface area contributed by atoms with Crippen molar-refractivity contribution in [1.29, 1.82) is 0 Å². The fraction of sp³-hybridized carbons (Fsp3) is 0.581. The number of aromatic hydroxyl groups is 1. The van der Waals surface area contributed by atoms with Gasteiger partial charge in [-0.3, -0.25) is 4.90 Å². The number of piperazine rings is 1. The van der Waals surface area contributed by atoms with Crippen LogP contribution in [0.15, 0.2) is 30.3 Å². The molecule has 0 radical (unpaired) electrons. The third kappa shape index (κ3) is 6.15. The number of fused-ring (bicyclic) bond motifs is 8. The van der Waals surface area contributed by atoms with E-state index in [1.54, 1.807) is 6.07 Å². The number of nitrogens with zero attached hydrogens (tertiary/aromatic N) is 6. The second-order valence-corrected chi connectivity index (χ2v) is 17.5. The van der Waals surface area contributed by atoms with Gasteiger partial charge >= 0.3 is 6.01 Å². The maximum Gasteiger partial charge on any atom is 0.319 e. The molecule has 6 aliphatic rings. The molecular formula is C43H52F3N7O3. The molecule has 6 atom stereocenters. The van der Waals surface area contributed by atoms with Crippen molar-refractivity contribution in [2.45, 2.75) is 56.8 Å². The highest BCUT2D eigenvalue weighted by Crippen LogP contribution is 2.49. The highest BCUT2D eigenvalue weighted by Gasteiger charge is 2.53. The van der Waals surface area contributed by atoms with Crippen molar-refractivity contribution >= 4 is 27.5 Å². The van der Waals surface area contributed by atoms with Crippen LogP contribution >= 0.6 is 0 Å². The highest BCUT2D eigenvalue weighted by atomic mass is 19.1. The minimum absolute atomic E-state index is 0.00254. The first-order valence-corrected chi connectivity index (χ1v) is 20.7. The van der Waals surface area contributed by atoms with Crippen LogP contribution in [0.3, 0.4) is 0 Å². The summed E-state index contributed by atoms with van der Waals surface area (Å²) in [6, 6.07) is 8.58. The Kier molecular flexibility index (Phi) is 9.22. The molecule has 0 amide bonds. The Morgan fingerprint density at radius 1 is 1.00 bits per heavy atom. The summed E-state index contributed by atoms with van der Waals surface area (Å²) in [4.78, 5) is 19.1. The molecule has 5 fully saturated rings. The quantitative estimate of drug-likeness (QED) is 0.247. The van der Waals surface area contributed by atoms with Crippen LogP contribution in [-0.4, -0.2) is 133 Å². The number of halogens is 3. The van der Waals surface area contributed by atoms with E-state index in [9.17, 15) is 5.11 Å². The van der Waals surface area contributed by atoms with Crippen LogP contribution in [0.2, 0.25) is 0 Å². The first-order valence-electron chi connectivity index (χ1n) is 20.7. The molecule has 2 N–H and O–H groups in total. The van der Waals surface area contributed by atoms with E-state index in [-0.39, 0.29) is 64.7 Å². The minimum atomic E-state index is -0.955. The van der Waals surface area contributed by atoms with Crippen molar-refractivity contribution in [3.05, 3.63) is 47.5 Å². The summed E-state index contributed by atoms with van der Waals surface area (Å²) in [5, 5.41) is 16.0. The molecule has 298 valence electrons. The first kappa shape index (κ1) is 36.4. The van der Waals surface area contributed by atoms with Crippen molar-refractivity contribution in [1.82, 2.24) is 30.0 Å². The molecule has 2 bridgehead atoms. The molecule has 13 heteroatoms. The lowest BCUT2D eigenvalue weighted by molar-refractivity contribution is 0.107. The van der Waals surface area contributed by atoms with E-state index in [1.807, 2.05) is 25.1 Å². The Morgan fingerprint density at radius 2 is 1.86 bits per heavy atom. The number of alkyl halides is 1. The molecule has 56 heavy (non-hydrogen) atoms. The number of hydrogen-bond acceptors (Lipinski definition) is 10. The van der Waals surface area contributed by atoms with Gasteiger partial charge in [0.2, 0.25) is 0 Å². The molecule has 4 aromatic rings. The Bertz CT molecular complexity index is 2170. The lowest BCUT2D eigenvalue weighted by Gasteiger charge is -2.37. The van der Waals surface area contributed by atoms with E-state index < -0.39 is 23.3 Å². The predicted molar refractivity (Wildman–Crippen MR) is 211 cm³/mol. The molecule has 0 saturated carbocycles. The summed E-state index contributed by atoms with van der Waals surface area (Å²) in [7, 11) is 2.16. The molecule has 7 heterocycles. The van der Waals surface area contributed by atoms with Gasteiger partial charge in [-0.25, -0.2) is 13.2 Å². The number of phenolic OH excluding ortho intramolecular Hbond substituents is 1. The third-order valence-electron chi connectivity index (χ3n) is 13.9. The Morgan fingerprint density at radius 3 is 2.70 bits per heavy atom. The summed E-state index contributed by atoms with van der Waals surface area (Å²) in [5.41, 5.74) is 0.235. The van der Waals surface area contributed by atoms with E-state index in [0.29, 0.717) is 54.4 Å². The maximum atomic E-state index is 17.6. The van der Waals surface area contributed by atoms with E-state index in [0.717, 1.165) is 77.2 Å². The molecule has 1 aromatic heterocycles. The fourth-order valence-corrected chi connectivity index (χ4v) is 11.1. The van der Waals surface area contributed by atoms with Crippen LogP contribution in [-0.2, 0) is 6.42 Å². The number of aromatic nitrogens is 2. The Labute approximate surface area is 325 Å². The normalized spacial score (nSPS) is 29.6. The second-order valence-electron chi connectivity index (χ2n) is 17.5. The van der Waals surface area contributed by atoms with Crippen molar-refractivity contribution in [3.63, 3.8) is 0 Å². The number of nitrogens with one attached hydrogen (secondary N) is 1. The maximum absolute atomic E-state index is 17.6. The van der Waals surface area contributed by atoms with Crippen LogP contribution in [0.4, 0.5) is 19.0 Å². The first-order chi connectivity index (χ1) is 27.2. The number of likely N-dealkylation sites (N-methyl/N-ethyl adjacent to an activating group) is 1. The molecular weight excluding hydrogens is 720 g/mol. The van der Waals surface area contributed by atoms with Crippen LogP contribution in [0.1, 0.15) is 38.2 Å². The predicted octanol–water partition coefficient (Wildman–Crippen LogP) is 5.62. The van der Waals surface area contributed by atoms with Gasteiger partial charge in [-0.15, -0.1) is 0 Å². The van der Waals surface area contributed by atoms with E-state index >= 15 is 13.2 Å². The van der Waals surface area contributed by atoms with Gasteiger partial charge in [0.1, 0.15) is 36.5 Å². The van der Waals surface area contributed by atoms with Gasteiger partial charge in [0, 0.05) is 65.3 Å². The van der Waals surface area contributed by atoms with Crippen molar-refractivity contribution in [2.24, 2.45) is 17.8 Å². The van der Waals surface area contributed by atoms with Crippen LogP contribution in [0, 0.1) is 29.4 Å². The summed E-state index contributed by atoms with van der Waals surface area (Å²) >= 11 is 0. The third-order valence-corrected chi connectivity index (χ3v) is 13.9. The SMILES string of the molecule is CCc1cccc2cc(O)cc(-c3c(F)c4c5c(nc(OC[C@]67C[C@@H](F)CN6C[C@@H](CN6CCN(C)CC6)C7)nc5c3F)N3CC5CCC(CNC5)C3CO4)c12. The zero-order chi connectivity index (χ0) is 38.3. The smallest absolute Gasteiger partial charge is 0.319 e. The number of anilines is 1. The van der Waals surface area contributed by atoms with E-state index in [2.05, 4.69) is 32.0 Å². The highest BCUT2D eigenvalue weighted by molar-refractivity contribution is 6.05. The average molecular weight is 772 g/mol. The summed E-state index contributed by atoms with van der Waals surface area (Å²) in [6.45, 7) is 11.0. The molecule has 0 aliphatic carbocycles. The van der Waals surface area contributed by atoms with E-state index in [1.165, 1.54) is 6.07 Å². The van der Waals surface area contributed by atoms with Gasteiger partial charge in [0.05, 0.1) is 22.5 Å². The van der Waals surface area contributed by atoms with Crippen molar-refractivity contribution in [2.75, 3.05) is 90.6 Å². The molecule has 5 saturated heterocycles. The summed E-state index contributed by atoms with van der Waals surface area (Å²) in [6.07, 6.45) is 2.87. The number of hydrogen-bond donors (Lipinski definition) is 2. The van der Waals surface area contributed by atoms with Gasteiger partial charge in [-0.2, -0.15) is 9.97 Å². The standard InChI is InChI=1S/C43H52F3N7O3/c1-3-27-5-4-6-28-13-31(54)14-32(34(27)28)35-37(45)39-36-40(38(35)46)55-23-33-29-8-7-25(17-47-18-29)21-53(33)41(36)49-42(48-39)56-24-43-15-26(20-52(43)22-30(44)16-43)19-51-11-9-50(2)10-12-51/h4-6,13-14,25-26,29-30,33,47,54H,3,7-12,15-24H2,1-2H3/t25?,26-,29?,30-,33?,43+/m1/s1. The zero-order valence-corrected chi connectivity index (χ0v) is 32.4. The van der Waals surface area contributed by atoms with Gasteiger partial charge in [-0.1, -0.05) is 25.1 Å². The Balaban J connectivity index is 1.09. The molecule has 10 nitrogen and oxygen atoms in total. The molecule has 3 aromatic carbocycles. The van der Waals surface area contributed by atoms with Crippen LogP contribution < -0.4 is 19.7 Å². The fourth-order valence-electron chi connectivity index (χ4n) is 11.1. The number of ether oxygens (including phenoxy) is 2. The Hall–Kier alpha value is -3.91. The molecule has 0 spiro atoms. The van der Waals surface area contributed by atoms with Gasteiger partial charge in [0.15, 0.2) is 17.4 Å². The zero-order valence-electron chi connectivity index (χ0n) is 32.4. The van der Waals surface area contributed by atoms with Crippen molar-refractivity contribution in [3.8, 4) is 28.6 Å². The minimum Gasteiger partial charge on any atom is -0.508 e. The van der Waals surface area contributed by atoms with Crippen LogP contribution in [0.5, 0.6) is 17.5 Å². The lowest BCUT2D eigenvalue weighted by atomic mass is 9.90. The summed E-state index contributed by atoms with van der Waals surface area (Å²) < 4.78 is 63.1. The van der Waals surface area contributed by atoms with Crippen LogP contribution in [0.25, 0.3) is 32.8 Å². The monoisotopic (exact) mass is 771 g/mol. The van der Waals surface area contributed by atoms with Gasteiger partial charge in [-0.05, 0) is 91.1 Å². The molecule has 10 rings (SSSR count). The lowest BCUT2D eigenvalue weighted by Crippen LogP contribution is -2.50. The number of aryl methyl sites for hydroxylation is 1. The number of rotatable bonds is 7. The van der Waals surface area contributed by atoms with E-state index in [4.69, 9.17) is 19.4 Å². The van der Waals surface area contributed by atoms with Gasteiger partial charge in [0.25, 0.3) is 0 Å². The topological polar surface area (TPSA) is 89.5 Å². The number of benzene rings is 3. The van der Waals surface area contributed by atoms with Crippen molar-refractivity contribution < 1.29 is 27.8 Å². The summed E-state index contributed by atoms with van der Waals surface area (Å²) in [5.74, 6) is -0.531. The van der Waals surface area contributed by atoms with Gasteiger partial charge < -0.3 is 34.6 Å². The largest absolute Gasteiger partial charge is 0.508 e.